The summed E-state index contributed by atoms with van der Waals surface area (Å²) in [6.45, 7) is 7.52. The van der Waals surface area contributed by atoms with Crippen LogP contribution in [0.2, 0.25) is 0 Å². The molecule has 2 N–H and O–H groups in total. The van der Waals surface area contributed by atoms with Crippen molar-refractivity contribution < 1.29 is 5.11 Å². The summed E-state index contributed by atoms with van der Waals surface area (Å²) in [7, 11) is 0. The molecule has 0 spiro atoms. The Hall–Kier alpha value is -2.68. The van der Waals surface area contributed by atoms with E-state index in [-0.39, 0.29) is 0 Å². The molecular weight excluding hydrogens is 426 g/mol. The van der Waals surface area contributed by atoms with E-state index in [4.69, 9.17) is 10.1 Å². The first kappa shape index (κ1) is 20.2. The number of thiazole rings is 1. The molecule has 4 heterocycles. The average Bonchev–Trinajstić information content (AvgIpc) is 3.28. The van der Waals surface area contributed by atoms with E-state index in [0.29, 0.717) is 5.13 Å². The van der Waals surface area contributed by atoms with Gasteiger partial charge in [-0.3, -0.25) is 4.98 Å². The van der Waals surface area contributed by atoms with Crippen LogP contribution >= 0.6 is 23.1 Å². The molecule has 0 bridgehead atoms. The molecule has 31 heavy (non-hydrogen) atoms. The number of thioether (sulfide) groups is 1. The summed E-state index contributed by atoms with van der Waals surface area (Å²) in [5, 5.41) is 19.1. The van der Waals surface area contributed by atoms with Crippen LogP contribution in [0, 0.1) is 13.8 Å². The second-order valence-corrected chi connectivity index (χ2v) is 10.2. The van der Waals surface area contributed by atoms with Gasteiger partial charge in [0.05, 0.1) is 21.2 Å². The van der Waals surface area contributed by atoms with E-state index in [1.807, 2.05) is 36.0 Å². The zero-order valence-electron chi connectivity index (χ0n) is 17.8. The Morgan fingerprint density at radius 2 is 1.94 bits per heavy atom. The van der Waals surface area contributed by atoms with Crippen LogP contribution in [0.5, 0.6) is 0 Å². The van der Waals surface area contributed by atoms with Gasteiger partial charge in [-0.1, -0.05) is 29.5 Å². The van der Waals surface area contributed by atoms with E-state index >= 15 is 0 Å². The predicted molar refractivity (Wildman–Crippen MR) is 127 cm³/mol. The maximum absolute atomic E-state index is 10.2. The van der Waals surface area contributed by atoms with Crippen molar-refractivity contribution in [2.24, 2.45) is 0 Å². The number of rotatable bonds is 4. The molecule has 0 radical (unpaired) electrons. The van der Waals surface area contributed by atoms with E-state index in [0.717, 1.165) is 55.1 Å². The molecule has 0 amide bonds. The molecule has 8 heteroatoms. The van der Waals surface area contributed by atoms with Crippen LogP contribution in [0.25, 0.3) is 27.5 Å². The first-order valence-corrected chi connectivity index (χ1v) is 11.9. The van der Waals surface area contributed by atoms with Crippen molar-refractivity contribution in [3.8, 4) is 27.5 Å². The van der Waals surface area contributed by atoms with Crippen LogP contribution in [-0.2, 0) is 5.75 Å². The fraction of sp³-hybridized carbons (Fsp3) is 0.261. The van der Waals surface area contributed by atoms with Crippen molar-refractivity contribution in [2.75, 3.05) is 5.32 Å². The summed E-state index contributed by atoms with van der Waals surface area (Å²) in [6.07, 6.45) is 1.89. The fourth-order valence-electron chi connectivity index (χ4n) is 3.60. The van der Waals surface area contributed by atoms with Gasteiger partial charge in [0.25, 0.3) is 0 Å². The molecule has 3 aromatic heterocycles. The number of aryl methyl sites for hydroxylation is 2. The SMILES string of the molecule is Cc1ccc(-c2nn(-c3ccccc3C)c3c2SCc2nc(NC(C)(C)O)sc2-3)cn1. The second-order valence-electron chi connectivity index (χ2n) is 8.18. The fourth-order valence-corrected chi connectivity index (χ4v) is 6.04. The minimum Gasteiger partial charge on any atom is -0.372 e. The first-order valence-electron chi connectivity index (χ1n) is 10.1. The Labute approximate surface area is 189 Å². The van der Waals surface area contributed by atoms with Gasteiger partial charge in [-0.05, 0) is 51.5 Å². The molecule has 5 rings (SSSR count). The third-order valence-corrected chi connectivity index (χ3v) is 7.16. The molecule has 158 valence electrons. The number of aliphatic hydroxyl groups is 1. The maximum atomic E-state index is 10.2. The zero-order valence-corrected chi connectivity index (χ0v) is 19.4. The predicted octanol–water partition coefficient (Wildman–Crippen LogP) is 5.42. The van der Waals surface area contributed by atoms with E-state index in [1.165, 1.54) is 0 Å². The number of nitrogens with one attached hydrogen (secondary N) is 1. The third kappa shape index (κ3) is 3.75. The molecule has 0 atom stereocenters. The van der Waals surface area contributed by atoms with Crippen molar-refractivity contribution in [3.05, 3.63) is 59.5 Å². The van der Waals surface area contributed by atoms with Crippen LogP contribution in [-0.4, -0.2) is 30.6 Å². The molecule has 0 aliphatic carbocycles. The van der Waals surface area contributed by atoms with E-state index in [1.54, 1.807) is 36.9 Å². The molecule has 4 aromatic rings. The lowest BCUT2D eigenvalue weighted by molar-refractivity contribution is 0.111. The van der Waals surface area contributed by atoms with E-state index < -0.39 is 5.72 Å². The second kappa shape index (κ2) is 7.47. The normalized spacial score (nSPS) is 13.1. The summed E-state index contributed by atoms with van der Waals surface area (Å²) in [4.78, 5) is 11.5. The van der Waals surface area contributed by atoms with Crippen LogP contribution in [0.4, 0.5) is 5.13 Å². The number of fused-ring (bicyclic) bond motifs is 3. The van der Waals surface area contributed by atoms with Gasteiger partial charge in [-0.2, -0.15) is 5.10 Å². The number of hydrogen-bond donors (Lipinski definition) is 2. The Morgan fingerprint density at radius 1 is 1.13 bits per heavy atom. The summed E-state index contributed by atoms with van der Waals surface area (Å²) >= 11 is 3.31. The largest absolute Gasteiger partial charge is 0.372 e. The van der Waals surface area contributed by atoms with Gasteiger partial charge in [-0.15, -0.1) is 11.8 Å². The van der Waals surface area contributed by atoms with Gasteiger partial charge in [0.2, 0.25) is 0 Å². The number of pyridine rings is 1. The number of aromatic nitrogens is 4. The van der Waals surface area contributed by atoms with Crippen LogP contribution < -0.4 is 5.32 Å². The summed E-state index contributed by atoms with van der Waals surface area (Å²) in [5.41, 5.74) is 6.15. The minimum atomic E-state index is -1.04. The van der Waals surface area contributed by atoms with E-state index in [9.17, 15) is 5.11 Å². The lowest BCUT2D eigenvalue weighted by atomic mass is 10.1. The van der Waals surface area contributed by atoms with Crippen LogP contribution in [0.15, 0.2) is 47.5 Å². The van der Waals surface area contributed by atoms with Gasteiger partial charge >= 0.3 is 0 Å². The smallest absolute Gasteiger partial charge is 0.185 e. The molecule has 0 fully saturated rings. The molecule has 1 aliphatic rings. The molecular formula is C23H23N5OS2. The Balaban J connectivity index is 1.74. The average molecular weight is 450 g/mol. The lowest BCUT2D eigenvalue weighted by Crippen LogP contribution is -2.29. The van der Waals surface area contributed by atoms with Crippen molar-refractivity contribution in [1.82, 2.24) is 19.7 Å². The summed E-state index contributed by atoms with van der Waals surface area (Å²) in [6, 6.07) is 12.4. The van der Waals surface area contributed by atoms with Gasteiger partial charge in [0.15, 0.2) is 5.13 Å². The van der Waals surface area contributed by atoms with Crippen molar-refractivity contribution in [2.45, 2.75) is 44.1 Å². The van der Waals surface area contributed by atoms with Gasteiger partial charge in [-0.25, -0.2) is 9.67 Å². The number of benzene rings is 1. The van der Waals surface area contributed by atoms with Crippen LogP contribution in [0.1, 0.15) is 30.8 Å². The number of nitrogens with zero attached hydrogens (tertiary/aromatic N) is 4. The number of hydrogen-bond acceptors (Lipinski definition) is 7. The van der Waals surface area contributed by atoms with Crippen LogP contribution in [0.3, 0.4) is 0 Å². The summed E-state index contributed by atoms with van der Waals surface area (Å²) in [5.74, 6) is 0.762. The lowest BCUT2D eigenvalue weighted by Gasteiger charge is -2.17. The third-order valence-electron chi connectivity index (χ3n) is 5.05. The Morgan fingerprint density at radius 3 is 2.65 bits per heavy atom. The number of para-hydroxylation sites is 1. The minimum absolute atomic E-state index is 0.710. The molecule has 0 saturated heterocycles. The molecule has 0 unspecified atom stereocenters. The highest BCUT2D eigenvalue weighted by molar-refractivity contribution is 7.99. The van der Waals surface area contributed by atoms with Gasteiger partial charge in [0.1, 0.15) is 17.1 Å². The first-order chi connectivity index (χ1) is 14.8. The monoisotopic (exact) mass is 449 g/mol. The van der Waals surface area contributed by atoms with Gasteiger partial charge < -0.3 is 10.4 Å². The molecule has 0 saturated carbocycles. The molecule has 1 aromatic carbocycles. The topological polar surface area (TPSA) is 75.9 Å². The highest BCUT2D eigenvalue weighted by atomic mass is 32.2. The van der Waals surface area contributed by atoms with Gasteiger partial charge in [0, 0.05) is 23.2 Å². The molecule has 6 nitrogen and oxygen atoms in total. The van der Waals surface area contributed by atoms with Crippen molar-refractivity contribution in [3.63, 3.8) is 0 Å². The van der Waals surface area contributed by atoms with Crippen molar-refractivity contribution in [1.29, 1.82) is 0 Å². The standard InChI is InChI=1S/C23H23N5OS2/c1-13-7-5-6-8-17(13)28-19-20-16(25-22(31-20)26-23(3,4)29)12-30-21(19)18(27-28)15-10-9-14(2)24-11-15/h5-11,29H,12H2,1-4H3,(H,25,26). The summed E-state index contributed by atoms with van der Waals surface area (Å²) < 4.78 is 2.04. The highest BCUT2D eigenvalue weighted by Crippen LogP contribution is 2.50. The molecule has 1 aliphatic heterocycles. The quantitative estimate of drug-likeness (QED) is 0.405. The maximum Gasteiger partial charge on any atom is 0.185 e. The Bertz CT molecular complexity index is 1270. The van der Waals surface area contributed by atoms with E-state index in [2.05, 4.69) is 35.4 Å². The van der Waals surface area contributed by atoms with Crippen molar-refractivity contribution >= 4 is 28.2 Å². The zero-order chi connectivity index (χ0) is 21.8. The highest BCUT2D eigenvalue weighted by Gasteiger charge is 2.31. The number of anilines is 1. The Kier molecular flexibility index (Phi) is 4.88.